The maximum Gasteiger partial charge on any atom is 0.123 e. The number of rotatable bonds is 5. The molecule has 0 saturated carbocycles. The highest BCUT2D eigenvalue weighted by atomic mass is 19.1. The van der Waals surface area contributed by atoms with Crippen molar-refractivity contribution >= 4 is 21.8 Å². The third-order valence-corrected chi connectivity index (χ3v) is 7.27. The van der Waals surface area contributed by atoms with Gasteiger partial charge in [-0.3, -0.25) is 4.90 Å². The molecule has 0 spiro atoms. The zero-order valence-electron chi connectivity index (χ0n) is 18.3. The van der Waals surface area contributed by atoms with E-state index >= 15 is 0 Å². The van der Waals surface area contributed by atoms with Gasteiger partial charge in [-0.05, 0) is 73.3 Å². The summed E-state index contributed by atoms with van der Waals surface area (Å²) in [5, 5.41) is 2.39. The molecule has 0 N–H and O–H groups in total. The Morgan fingerprint density at radius 2 is 1.68 bits per heavy atom. The first-order valence-corrected chi connectivity index (χ1v) is 11.3. The second-order valence-corrected chi connectivity index (χ2v) is 9.54. The number of aromatic nitrogens is 2. The molecule has 2 saturated heterocycles. The molecule has 0 radical (unpaired) electrons. The fraction of sp³-hybridized carbons (Fsp3) is 0.385. The number of hydrogen-bond donors (Lipinski definition) is 0. The number of hydrogen-bond acceptors (Lipinski definition) is 2. The van der Waals surface area contributed by atoms with E-state index in [2.05, 4.69) is 69.6 Å². The van der Waals surface area contributed by atoms with E-state index in [1.165, 1.54) is 16.5 Å². The molecule has 0 aliphatic carbocycles. The first-order valence-electron chi connectivity index (χ1n) is 11.3. The van der Waals surface area contributed by atoms with Crippen molar-refractivity contribution < 1.29 is 4.39 Å². The van der Waals surface area contributed by atoms with Crippen molar-refractivity contribution in [2.24, 2.45) is 0 Å². The Morgan fingerprint density at radius 3 is 2.48 bits per heavy atom. The van der Waals surface area contributed by atoms with E-state index in [4.69, 9.17) is 0 Å². The SMILES string of the molecule is Cc1cn(C2CN(CCc3ccc4c(ccn4C4CN(C)C4)c3)C2)c2ccc(F)cc12. The first kappa shape index (κ1) is 19.1. The average molecular weight is 417 g/mol. The topological polar surface area (TPSA) is 16.3 Å². The van der Waals surface area contributed by atoms with Gasteiger partial charge in [-0.2, -0.15) is 0 Å². The van der Waals surface area contributed by atoms with Gasteiger partial charge >= 0.3 is 0 Å². The molecule has 0 bridgehead atoms. The molecule has 0 unspecified atom stereocenters. The summed E-state index contributed by atoms with van der Waals surface area (Å²) in [6.45, 7) is 7.58. The third kappa shape index (κ3) is 3.27. The highest BCUT2D eigenvalue weighted by Crippen LogP contribution is 2.30. The molecule has 160 valence electrons. The molecule has 2 aliphatic rings. The van der Waals surface area contributed by atoms with Gasteiger partial charge < -0.3 is 14.0 Å². The predicted octanol–water partition coefficient (Wildman–Crippen LogP) is 4.63. The number of nitrogens with zero attached hydrogens (tertiary/aromatic N) is 4. The number of likely N-dealkylation sites (tertiary alicyclic amines) is 2. The lowest BCUT2D eigenvalue weighted by Gasteiger charge is -2.40. The van der Waals surface area contributed by atoms with Crippen LogP contribution in [0.3, 0.4) is 0 Å². The molecule has 4 heterocycles. The second kappa shape index (κ2) is 7.21. The zero-order chi connectivity index (χ0) is 21.1. The standard InChI is InChI=1S/C26H29FN4/c1-18-13-31(26-6-4-21(27)12-24(18)26)23-16-29(17-23)9-7-19-3-5-25-20(11-19)8-10-30(25)22-14-28(2)15-22/h3-6,8,10-13,22-23H,7,9,14-17H2,1-2H3. The van der Waals surface area contributed by atoms with Gasteiger partial charge in [0, 0.05) is 61.5 Å². The van der Waals surface area contributed by atoms with E-state index in [1.54, 1.807) is 12.1 Å². The second-order valence-electron chi connectivity index (χ2n) is 9.54. The summed E-state index contributed by atoms with van der Waals surface area (Å²) in [6, 6.07) is 15.5. The Balaban J connectivity index is 1.09. The summed E-state index contributed by atoms with van der Waals surface area (Å²) in [6.07, 6.45) is 5.52. The summed E-state index contributed by atoms with van der Waals surface area (Å²) in [7, 11) is 2.18. The molecule has 31 heavy (non-hydrogen) atoms. The van der Waals surface area contributed by atoms with Crippen LogP contribution in [0.4, 0.5) is 4.39 Å². The van der Waals surface area contributed by atoms with Crippen LogP contribution in [0, 0.1) is 12.7 Å². The lowest BCUT2D eigenvalue weighted by molar-refractivity contribution is 0.111. The minimum absolute atomic E-state index is 0.157. The summed E-state index contributed by atoms with van der Waals surface area (Å²) in [5.74, 6) is -0.157. The Morgan fingerprint density at radius 1 is 0.903 bits per heavy atom. The van der Waals surface area contributed by atoms with Crippen LogP contribution in [0.5, 0.6) is 0 Å². The predicted molar refractivity (Wildman–Crippen MR) is 124 cm³/mol. The molecule has 4 aromatic rings. The lowest BCUT2D eigenvalue weighted by atomic mass is 10.0. The van der Waals surface area contributed by atoms with Crippen LogP contribution < -0.4 is 0 Å². The molecule has 5 heteroatoms. The van der Waals surface area contributed by atoms with Gasteiger partial charge in [-0.15, -0.1) is 0 Å². The van der Waals surface area contributed by atoms with Crippen molar-refractivity contribution in [2.75, 3.05) is 39.8 Å². The maximum absolute atomic E-state index is 13.6. The molecule has 6 rings (SSSR count). The number of likely N-dealkylation sites (N-methyl/N-ethyl adjacent to an activating group) is 1. The third-order valence-electron chi connectivity index (χ3n) is 7.27. The summed E-state index contributed by atoms with van der Waals surface area (Å²) >= 11 is 0. The number of aryl methyl sites for hydroxylation is 1. The molecule has 2 fully saturated rings. The van der Waals surface area contributed by atoms with Crippen molar-refractivity contribution in [1.29, 1.82) is 0 Å². The van der Waals surface area contributed by atoms with E-state index < -0.39 is 0 Å². The fourth-order valence-electron chi connectivity index (χ4n) is 5.42. The van der Waals surface area contributed by atoms with Gasteiger partial charge in [0.15, 0.2) is 0 Å². The minimum atomic E-state index is -0.157. The van der Waals surface area contributed by atoms with Gasteiger partial charge in [-0.25, -0.2) is 4.39 Å². The summed E-state index contributed by atoms with van der Waals surface area (Å²) < 4.78 is 18.4. The Kier molecular flexibility index (Phi) is 4.44. The monoisotopic (exact) mass is 416 g/mol. The highest BCUT2D eigenvalue weighted by Gasteiger charge is 2.29. The van der Waals surface area contributed by atoms with E-state index in [1.807, 2.05) is 6.07 Å². The zero-order valence-corrected chi connectivity index (χ0v) is 18.3. The minimum Gasteiger partial charge on any atom is -0.342 e. The molecular weight excluding hydrogens is 387 g/mol. The number of fused-ring (bicyclic) bond motifs is 2. The van der Waals surface area contributed by atoms with E-state index in [0.29, 0.717) is 12.1 Å². The molecule has 0 amide bonds. The molecule has 0 atom stereocenters. The van der Waals surface area contributed by atoms with Gasteiger partial charge in [0.05, 0.1) is 12.1 Å². The van der Waals surface area contributed by atoms with Crippen molar-refractivity contribution in [3.8, 4) is 0 Å². The highest BCUT2D eigenvalue weighted by molar-refractivity contribution is 5.84. The molecule has 2 aliphatic heterocycles. The Bertz CT molecular complexity index is 1260. The molecule has 2 aromatic heterocycles. The van der Waals surface area contributed by atoms with Gasteiger partial charge in [0.25, 0.3) is 0 Å². The van der Waals surface area contributed by atoms with Crippen LogP contribution in [0.1, 0.15) is 23.2 Å². The van der Waals surface area contributed by atoms with E-state index in [9.17, 15) is 4.39 Å². The van der Waals surface area contributed by atoms with Gasteiger partial charge in [0.1, 0.15) is 5.82 Å². The quantitative estimate of drug-likeness (QED) is 0.472. The van der Waals surface area contributed by atoms with Crippen molar-refractivity contribution in [2.45, 2.75) is 25.4 Å². The van der Waals surface area contributed by atoms with Crippen molar-refractivity contribution in [3.63, 3.8) is 0 Å². The molecule has 2 aromatic carbocycles. The smallest absolute Gasteiger partial charge is 0.123 e. The van der Waals surface area contributed by atoms with Gasteiger partial charge in [0.2, 0.25) is 0 Å². The van der Waals surface area contributed by atoms with Crippen LogP contribution in [0.25, 0.3) is 21.8 Å². The lowest BCUT2D eigenvalue weighted by Crippen LogP contribution is -2.48. The maximum atomic E-state index is 13.6. The van der Waals surface area contributed by atoms with Crippen molar-refractivity contribution in [3.05, 3.63) is 71.8 Å². The normalized spacial score (nSPS) is 18.7. The van der Waals surface area contributed by atoms with Crippen LogP contribution in [-0.2, 0) is 6.42 Å². The van der Waals surface area contributed by atoms with Crippen LogP contribution in [0.2, 0.25) is 0 Å². The molecule has 4 nitrogen and oxygen atoms in total. The van der Waals surface area contributed by atoms with Crippen LogP contribution in [0.15, 0.2) is 54.9 Å². The largest absolute Gasteiger partial charge is 0.342 e. The van der Waals surface area contributed by atoms with Crippen LogP contribution in [-0.4, -0.2) is 58.7 Å². The summed E-state index contributed by atoms with van der Waals surface area (Å²) in [5.41, 5.74) is 5.08. The Hall–Kier alpha value is -2.63. The Labute approximate surface area is 182 Å². The number of halogens is 1. The van der Waals surface area contributed by atoms with E-state index in [-0.39, 0.29) is 5.82 Å². The average Bonchev–Trinajstić information content (AvgIpc) is 3.25. The molecular formula is C26H29FN4. The first-order chi connectivity index (χ1) is 15.0. The van der Waals surface area contributed by atoms with Gasteiger partial charge in [-0.1, -0.05) is 6.07 Å². The van der Waals surface area contributed by atoms with Crippen LogP contribution >= 0.6 is 0 Å². The van der Waals surface area contributed by atoms with Crippen molar-refractivity contribution in [1.82, 2.24) is 18.9 Å². The summed E-state index contributed by atoms with van der Waals surface area (Å²) in [4.78, 5) is 4.89. The number of benzene rings is 2. The fourth-order valence-corrected chi connectivity index (χ4v) is 5.42. The van der Waals surface area contributed by atoms with E-state index in [0.717, 1.165) is 55.6 Å².